The first-order chi connectivity index (χ1) is 10.8. The third-order valence-corrected chi connectivity index (χ3v) is 5.85. The molecule has 0 radical (unpaired) electrons. The van der Waals surface area contributed by atoms with Crippen molar-refractivity contribution in [2.75, 3.05) is 13.1 Å². The summed E-state index contributed by atoms with van der Waals surface area (Å²) in [5.41, 5.74) is 0. The van der Waals surface area contributed by atoms with Crippen LogP contribution in [0.5, 0.6) is 0 Å². The summed E-state index contributed by atoms with van der Waals surface area (Å²) >= 11 is 5.81. The summed E-state index contributed by atoms with van der Waals surface area (Å²) in [7, 11) is -3.64. The molecule has 5 nitrogen and oxygen atoms in total. The molecule has 0 bridgehead atoms. The van der Waals surface area contributed by atoms with Crippen LogP contribution in [0.25, 0.3) is 0 Å². The molecule has 1 heterocycles. The minimum absolute atomic E-state index is 0.00925. The van der Waals surface area contributed by atoms with Gasteiger partial charge >= 0.3 is 0 Å². The van der Waals surface area contributed by atoms with Gasteiger partial charge in [-0.15, -0.1) is 0 Å². The van der Waals surface area contributed by atoms with Crippen LogP contribution in [-0.4, -0.2) is 38.4 Å². The number of hydrogen-bond donors (Lipinski definition) is 1. The van der Waals surface area contributed by atoms with E-state index in [1.165, 1.54) is 12.1 Å². The molecule has 0 spiro atoms. The van der Waals surface area contributed by atoms with Gasteiger partial charge in [0.2, 0.25) is 15.9 Å². The van der Waals surface area contributed by atoms with E-state index in [0.717, 1.165) is 19.4 Å². The first-order valence-corrected chi connectivity index (χ1v) is 9.74. The Labute approximate surface area is 143 Å². The van der Waals surface area contributed by atoms with Gasteiger partial charge in [0.05, 0.1) is 4.90 Å². The second kappa shape index (κ2) is 7.64. The largest absolute Gasteiger partial charge is 0.339 e. The summed E-state index contributed by atoms with van der Waals surface area (Å²) in [5.74, 6) is 0.516. The van der Waals surface area contributed by atoms with Crippen LogP contribution in [0.1, 0.15) is 33.1 Å². The molecule has 2 atom stereocenters. The topological polar surface area (TPSA) is 66.5 Å². The Morgan fingerprint density at radius 1 is 1.43 bits per heavy atom. The van der Waals surface area contributed by atoms with Crippen molar-refractivity contribution in [3.63, 3.8) is 0 Å². The summed E-state index contributed by atoms with van der Waals surface area (Å²) in [6.45, 7) is 5.07. The summed E-state index contributed by atoms with van der Waals surface area (Å²) in [4.78, 5) is 14.3. The van der Waals surface area contributed by atoms with Gasteiger partial charge < -0.3 is 4.90 Å². The zero-order valence-electron chi connectivity index (χ0n) is 13.5. The van der Waals surface area contributed by atoms with Crippen molar-refractivity contribution in [3.8, 4) is 0 Å². The Kier molecular flexibility index (Phi) is 6.06. The van der Waals surface area contributed by atoms with Gasteiger partial charge in [-0.2, -0.15) is 0 Å². The number of nitrogens with one attached hydrogen (secondary N) is 1. The number of benzene rings is 1. The van der Waals surface area contributed by atoms with E-state index < -0.39 is 10.0 Å². The van der Waals surface area contributed by atoms with Crippen molar-refractivity contribution in [3.05, 3.63) is 29.3 Å². The lowest BCUT2D eigenvalue weighted by atomic mass is 10.1. The molecule has 0 saturated carbocycles. The van der Waals surface area contributed by atoms with Crippen LogP contribution in [0.4, 0.5) is 0 Å². The predicted molar refractivity (Wildman–Crippen MR) is 90.8 cm³/mol. The molecule has 1 aliphatic rings. The molecule has 1 fully saturated rings. The fourth-order valence-electron chi connectivity index (χ4n) is 3.00. The van der Waals surface area contributed by atoms with Crippen LogP contribution >= 0.6 is 11.6 Å². The molecular formula is C16H23ClN2O3S. The zero-order valence-corrected chi connectivity index (χ0v) is 15.0. The summed E-state index contributed by atoms with van der Waals surface area (Å²) in [6.07, 6.45) is 2.13. The number of hydrogen-bond acceptors (Lipinski definition) is 3. The molecule has 1 aromatic carbocycles. The van der Waals surface area contributed by atoms with E-state index in [-0.39, 0.29) is 29.8 Å². The molecule has 2 rings (SSSR count). The first kappa shape index (κ1) is 18.2. The average molecular weight is 359 g/mol. The van der Waals surface area contributed by atoms with Crippen LogP contribution in [0.15, 0.2) is 29.2 Å². The highest BCUT2D eigenvalue weighted by atomic mass is 35.5. The van der Waals surface area contributed by atoms with Crippen molar-refractivity contribution in [1.29, 1.82) is 0 Å². The van der Waals surface area contributed by atoms with E-state index in [2.05, 4.69) is 18.6 Å². The van der Waals surface area contributed by atoms with E-state index in [9.17, 15) is 13.2 Å². The Morgan fingerprint density at radius 2 is 2.17 bits per heavy atom. The van der Waals surface area contributed by atoms with Crippen LogP contribution in [-0.2, 0) is 14.8 Å². The highest BCUT2D eigenvalue weighted by molar-refractivity contribution is 7.89. The van der Waals surface area contributed by atoms with E-state index >= 15 is 0 Å². The molecule has 0 unspecified atom stereocenters. The molecule has 1 aliphatic heterocycles. The van der Waals surface area contributed by atoms with E-state index in [0.29, 0.717) is 10.9 Å². The number of sulfonamides is 1. The standard InChI is InChI=1S/C16H23ClN2O3S/c1-3-14-9-12(2)11-19(14)16(20)7-8-18-23(21,22)15-6-4-5-13(17)10-15/h4-6,10,12,14,18H,3,7-9,11H2,1-2H3/t12-,14+/m1/s1. The quantitative estimate of drug-likeness (QED) is 0.850. The maximum absolute atomic E-state index is 12.3. The fraction of sp³-hybridized carbons (Fsp3) is 0.562. The molecule has 1 aromatic rings. The maximum Gasteiger partial charge on any atom is 0.240 e. The Bertz CT molecular complexity index is 663. The second-order valence-electron chi connectivity index (χ2n) is 6.05. The van der Waals surface area contributed by atoms with Crippen molar-refractivity contribution < 1.29 is 13.2 Å². The summed E-state index contributed by atoms with van der Waals surface area (Å²) in [5, 5.41) is 0.362. The molecule has 1 N–H and O–H groups in total. The third kappa shape index (κ3) is 4.68. The smallest absolute Gasteiger partial charge is 0.240 e. The lowest BCUT2D eigenvalue weighted by Gasteiger charge is -2.23. The fourth-order valence-corrected chi connectivity index (χ4v) is 4.33. The van der Waals surface area contributed by atoms with Gasteiger partial charge in [0.1, 0.15) is 0 Å². The lowest BCUT2D eigenvalue weighted by Crippen LogP contribution is -2.37. The highest BCUT2D eigenvalue weighted by Crippen LogP contribution is 2.25. The van der Waals surface area contributed by atoms with Crippen molar-refractivity contribution >= 4 is 27.5 Å². The Hall–Kier alpha value is -1.11. The predicted octanol–water partition coefficient (Wildman–Crippen LogP) is 2.66. The van der Waals surface area contributed by atoms with Gasteiger partial charge in [-0.05, 0) is 37.0 Å². The van der Waals surface area contributed by atoms with Crippen molar-refractivity contribution in [1.82, 2.24) is 9.62 Å². The normalized spacial score (nSPS) is 21.6. The highest BCUT2D eigenvalue weighted by Gasteiger charge is 2.31. The van der Waals surface area contributed by atoms with E-state index in [1.807, 2.05) is 4.90 Å². The lowest BCUT2D eigenvalue weighted by molar-refractivity contribution is -0.132. The molecule has 0 aromatic heterocycles. The first-order valence-electron chi connectivity index (χ1n) is 7.88. The molecule has 23 heavy (non-hydrogen) atoms. The molecule has 1 amide bonds. The molecule has 7 heteroatoms. The zero-order chi connectivity index (χ0) is 17.0. The summed E-state index contributed by atoms with van der Waals surface area (Å²) in [6, 6.07) is 6.34. The Balaban J connectivity index is 1.90. The third-order valence-electron chi connectivity index (χ3n) is 4.15. The van der Waals surface area contributed by atoms with E-state index in [4.69, 9.17) is 11.6 Å². The maximum atomic E-state index is 12.3. The minimum Gasteiger partial charge on any atom is -0.339 e. The van der Waals surface area contributed by atoms with Crippen LogP contribution < -0.4 is 4.72 Å². The monoisotopic (exact) mass is 358 g/mol. The number of nitrogens with zero attached hydrogens (tertiary/aromatic N) is 1. The second-order valence-corrected chi connectivity index (χ2v) is 8.26. The van der Waals surface area contributed by atoms with Crippen molar-refractivity contribution in [2.24, 2.45) is 5.92 Å². The number of likely N-dealkylation sites (tertiary alicyclic amines) is 1. The number of amides is 1. The summed E-state index contributed by atoms with van der Waals surface area (Å²) < 4.78 is 26.8. The molecular weight excluding hydrogens is 336 g/mol. The molecule has 0 aliphatic carbocycles. The average Bonchev–Trinajstić information content (AvgIpc) is 2.88. The molecule has 1 saturated heterocycles. The SMILES string of the molecule is CC[C@H]1C[C@@H](C)CN1C(=O)CCNS(=O)(=O)c1cccc(Cl)c1. The minimum atomic E-state index is -3.64. The van der Waals surface area contributed by atoms with Gasteiger partial charge in [0, 0.05) is 30.6 Å². The number of carbonyl (C=O) groups excluding carboxylic acids is 1. The van der Waals surface area contributed by atoms with Crippen LogP contribution in [0, 0.1) is 5.92 Å². The van der Waals surface area contributed by atoms with Gasteiger partial charge in [0.15, 0.2) is 0 Å². The number of rotatable bonds is 6. The van der Waals surface area contributed by atoms with Gasteiger partial charge in [0.25, 0.3) is 0 Å². The van der Waals surface area contributed by atoms with Crippen LogP contribution in [0.2, 0.25) is 5.02 Å². The van der Waals surface area contributed by atoms with Crippen molar-refractivity contribution in [2.45, 2.75) is 44.0 Å². The van der Waals surface area contributed by atoms with Crippen LogP contribution in [0.3, 0.4) is 0 Å². The van der Waals surface area contributed by atoms with Gasteiger partial charge in [-0.3, -0.25) is 4.79 Å². The number of carbonyl (C=O) groups is 1. The van der Waals surface area contributed by atoms with Gasteiger partial charge in [-0.25, -0.2) is 13.1 Å². The Morgan fingerprint density at radius 3 is 2.83 bits per heavy atom. The van der Waals surface area contributed by atoms with E-state index in [1.54, 1.807) is 12.1 Å². The molecule has 128 valence electrons. The van der Waals surface area contributed by atoms with Gasteiger partial charge in [-0.1, -0.05) is 31.5 Å². The number of halogens is 1.